The minimum absolute atomic E-state index is 0.131. The fraction of sp³-hybridized carbons (Fsp3) is 0.222. The number of nitrogens with zero attached hydrogens (tertiary/aromatic N) is 2. The van der Waals surface area contributed by atoms with E-state index in [1.54, 1.807) is 0 Å². The van der Waals surface area contributed by atoms with Crippen LogP contribution in [0.5, 0.6) is 0 Å². The van der Waals surface area contributed by atoms with Crippen LogP contribution in [0.25, 0.3) is 0 Å². The third kappa shape index (κ3) is 3.52. The van der Waals surface area contributed by atoms with E-state index in [-0.39, 0.29) is 23.2 Å². The fourth-order valence-electron chi connectivity index (χ4n) is 1.11. The summed E-state index contributed by atoms with van der Waals surface area (Å²) in [4.78, 5) is 35.4. The summed E-state index contributed by atoms with van der Waals surface area (Å²) in [6.07, 6.45) is 0. The number of rotatable bonds is 3. The van der Waals surface area contributed by atoms with Crippen molar-refractivity contribution in [1.29, 1.82) is 0 Å². The summed E-state index contributed by atoms with van der Waals surface area (Å²) in [5, 5.41) is 15.2. The van der Waals surface area contributed by atoms with Crippen LogP contribution in [0.2, 0.25) is 0 Å². The maximum atomic E-state index is 10.9. The normalized spacial score (nSPS) is 9.53. The standard InChI is InChI=1S/C9H10N4O4/c1-5(14)10-8-4-3-7(13(16)17)9(12-8)11-6(2)15/h3-4H,1-2H3,(H2,10,11,12,14,15). The molecule has 0 radical (unpaired) electrons. The first-order chi connectivity index (χ1) is 7.90. The van der Waals surface area contributed by atoms with Crippen LogP contribution in [-0.4, -0.2) is 21.7 Å². The highest BCUT2D eigenvalue weighted by Gasteiger charge is 2.17. The molecule has 1 rings (SSSR count). The summed E-state index contributed by atoms with van der Waals surface area (Å²) in [7, 11) is 0. The Bertz CT molecular complexity index is 486. The number of pyridine rings is 1. The lowest BCUT2D eigenvalue weighted by atomic mass is 10.3. The van der Waals surface area contributed by atoms with Crippen LogP contribution in [0.1, 0.15) is 13.8 Å². The van der Waals surface area contributed by atoms with Gasteiger partial charge in [-0.05, 0) is 6.07 Å². The van der Waals surface area contributed by atoms with E-state index < -0.39 is 10.8 Å². The van der Waals surface area contributed by atoms with Crippen molar-refractivity contribution in [3.63, 3.8) is 0 Å². The van der Waals surface area contributed by atoms with Crippen LogP contribution in [0.4, 0.5) is 17.3 Å². The second kappa shape index (κ2) is 5.01. The zero-order chi connectivity index (χ0) is 13.0. The van der Waals surface area contributed by atoms with E-state index in [1.807, 2.05) is 0 Å². The number of aromatic nitrogens is 1. The molecule has 1 aromatic rings. The van der Waals surface area contributed by atoms with Gasteiger partial charge >= 0.3 is 5.69 Å². The van der Waals surface area contributed by atoms with Crippen LogP contribution in [-0.2, 0) is 9.59 Å². The van der Waals surface area contributed by atoms with Gasteiger partial charge in [-0.15, -0.1) is 0 Å². The van der Waals surface area contributed by atoms with Crippen molar-refractivity contribution in [2.24, 2.45) is 0 Å². The molecule has 0 bridgehead atoms. The van der Waals surface area contributed by atoms with E-state index in [0.717, 1.165) is 6.07 Å². The Morgan fingerprint density at radius 3 is 2.29 bits per heavy atom. The van der Waals surface area contributed by atoms with Crippen molar-refractivity contribution < 1.29 is 14.5 Å². The van der Waals surface area contributed by atoms with Gasteiger partial charge in [-0.1, -0.05) is 0 Å². The molecule has 8 heteroatoms. The number of nitrogens with one attached hydrogen (secondary N) is 2. The number of carbonyl (C=O) groups is 2. The average molecular weight is 238 g/mol. The molecule has 0 spiro atoms. The van der Waals surface area contributed by atoms with Gasteiger partial charge in [0.1, 0.15) is 5.82 Å². The minimum atomic E-state index is -0.671. The third-order valence-electron chi connectivity index (χ3n) is 1.67. The first-order valence-corrected chi connectivity index (χ1v) is 4.60. The molecule has 90 valence electrons. The second-order valence-corrected chi connectivity index (χ2v) is 3.18. The summed E-state index contributed by atoms with van der Waals surface area (Å²) >= 11 is 0. The summed E-state index contributed by atoms with van der Waals surface area (Å²) in [5.41, 5.74) is -0.339. The molecule has 17 heavy (non-hydrogen) atoms. The SMILES string of the molecule is CC(=O)Nc1ccc([N+](=O)[O-])c(NC(C)=O)n1. The van der Waals surface area contributed by atoms with Crippen molar-refractivity contribution in [1.82, 2.24) is 4.98 Å². The molecule has 1 aromatic heterocycles. The first-order valence-electron chi connectivity index (χ1n) is 4.60. The molecule has 2 amide bonds. The summed E-state index contributed by atoms with van der Waals surface area (Å²) in [5.74, 6) is -0.915. The molecule has 0 atom stereocenters. The van der Waals surface area contributed by atoms with Crippen LogP contribution in [0.3, 0.4) is 0 Å². The Kier molecular flexibility index (Phi) is 3.70. The van der Waals surface area contributed by atoms with Crippen LogP contribution in [0.15, 0.2) is 12.1 Å². The maximum Gasteiger partial charge on any atom is 0.311 e. The molecule has 2 N–H and O–H groups in total. The van der Waals surface area contributed by atoms with Crippen molar-refractivity contribution >= 4 is 29.1 Å². The summed E-state index contributed by atoms with van der Waals surface area (Å²) in [6, 6.07) is 2.44. The molecule has 0 aromatic carbocycles. The molecule has 0 aliphatic rings. The van der Waals surface area contributed by atoms with Crippen molar-refractivity contribution in [2.75, 3.05) is 10.6 Å². The molecular formula is C9H10N4O4. The quantitative estimate of drug-likeness (QED) is 0.599. The number of amides is 2. The van der Waals surface area contributed by atoms with E-state index in [0.29, 0.717) is 0 Å². The number of nitro groups is 1. The fourth-order valence-corrected chi connectivity index (χ4v) is 1.11. The summed E-state index contributed by atoms with van der Waals surface area (Å²) in [6.45, 7) is 2.48. The van der Waals surface area contributed by atoms with Gasteiger partial charge in [0.15, 0.2) is 0 Å². The van der Waals surface area contributed by atoms with Crippen LogP contribution in [0, 0.1) is 10.1 Å². The Hall–Kier alpha value is -2.51. The Labute approximate surface area is 96.2 Å². The predicted molar refractivity (Wildman–Crippen MR) is 59.5 cm³/mol. The van der Waals surface area contributed by atoms with Gasteiger partial charge in [-0.3, -0.25) is 19.7 Å². The Morgan fingerprint density at radius 2 is 1.82 bits per heavy atom. The largest absolute Gasteiger partial charge is 0.311 e. The molecule has 0 aliphatic carbocycles. The Morgan fingerprint density at radius 1 is 1.24 bits per heavy atom. The highest BCUT2D eigenvalue weighted by Crippen LogP contribution is 2.23. The zero-order valence-electron chi connectivity index (χ0n) is 9.18. The van der Waals surface area contributed by atoms with E-state index in [9.17, 15) is 19.7 Å². The lowest BCUT2D eigenvalue weighted by Gasteiger charge is -2.05. The molecule has 0 saturated carbocycles. The topological polar surface area (TPSA) is 114 Å². The number of hydrogen-bond acceptors (Lipinski definition) is 5. The van der Waals surface area contributed by atoms with Gasteiger partial charge in [-0.25, -0.2) is 4.98 Å². The van der Waals surface area contributed by atoms with Gasteiger partial charge < -0.3 is 10.6 Å². The van der Waals surface area contributed by atoms with Crippen LogP contribution >= 0.6 is 0 Å². The lowest BCUT2D eigenvalue weighted by Crippen LogP contribution is -2.13. The third-order valence-corrected chi connectivity index (χ3v) is 1.67. The summed E-state index contributed by atoms with van der Waals surface area (Å²) < 4.78 is 0. The molecule has 1 heterocycles. The van der Waals surface area contributed by atoms with Crippen molar-refractivity contribution in [2.45, 2.75) is 13.8 Å². The first kappa shape index (κ1) is 12.6. The molecular weight excluding hydrogens is 228 g/mol. The van der Waals surface area contributed by atoms with Crippen molar-refractivity contribution in [3.8, 4) is 0 Å². The molecule has 8 nitrogen and oxygen atoms in total. The van der Waals surface area contributed by atoms with Gasteiger partial charge in [0.2, 0.25) is 17.6 Å². The smallest absolute Gasteiger partial charge is 0.311 e. The maximum absolute atomic E-state index is 10.9. The van der Waals surface area contributed by atoms with Gasteiger partial charge in [-0.2, -0.15) is 0 Å². The Balaban J connectivity index is 3.13. The highest BCUT2D eigenvalue weighted by molar-refractivity contribution is 5.91. The van der Waals surface area contributed by atoms with E-state index >= 15 is 0 Å². The molecule has 0 aliphatic heterocycles. The van der Waals surface area contributed by atoms with Gasteiger partial charge in [0.25, 0.3) is 0 Å². The molecule has 0 fully saturated rings. The molecule has 0 unspecified atom stereocenters. The van der Waals surface area contributed by atoms with E-state index in [4.69, 9.17) is 0 Å². The second-order valence-electron chi connectivity index (χ2n) is 3.18. The van der Waals surface area contributed by atoms with Crippen molar-refractivity contribution in [3.05, 3.63) is 22.2 Å². The average Bonchev–Trinajstić information content (AvgIpc) is 2.15. The van der Waals surface area contributed by atoms with Gasteiger partial charge in [0.05, 0.1) is 4.92 Å². The lowest BCUT2D eigenvalue weighted by molar-refractivity contribution is -0.384. The van der Waals surface area contributed by atoms with E-state index in [1.165, 1.54) is 19.9 Å². The number of carbonyl (C=O) groups excluding carboxylic acids is 2. The zero-order valence-corrected chi connectivity index (χ0v) is 9.18. The molecule has 0 saturated heterocycles. The van der Waals surface area contributed by atoms with E-state index in [2.05, 4.69) is 15.6 Å². The monoisotopic (exact) mass is 238 g/mol. The van der Waals surface area contributed by atoms with Gasteiger partial charge in [0, 0.05) is 19.9 Å². The highest BCUT2D eigenvalue weighted by atomic mass is 16.6. The predicted octanol–water partition coefficient (Wildman–Crippen LogP) is 0.907. The minimum Gasteiger partial charge on any atom is -0.311 e. The van der Waals surface area contributed by atoms with Crippen LogP contribution < -0.4 is 10.6 Å². The number of anilines is 2. The number of hydrogen-bond donors (Lipinski definition) is 2.